The molecule has 0 saturated heterocycles. The maximum absolute atomic E-state index is 6.14. The number of nitrogens with one attached hydrogen (secondary N) is 1. The van der Waals surface area contributed by atoms with E-state index in [0.717, 1.165) is 33.5 Å². The van der Waals surface area contributed by atoms with Crippen LogP contribution in [0.2, 0.25) is 5.15 Å². The Hall–Kier alpha value is -2.33. The molecule has 1 heterocycles. The normalized spacial score (nSPS) is 10.7. The van der Waals surface area contributed by atoms with Crippen LogP contribution in [-0.2, 0) is 6.54 Å². The summed E-state index contributed by atoms with van der Waals surface area (Å²) in [5.41, 5.74) is 2.28. The number of methoxy groups -OCH3 is 1. The average Bonchev–Trinajstić information content (AvgIpc) is 2.55. The minimum absolute atomic E-state index is 0.425. The number of rotatable bonds is 4. The van der Waals surface area contributed by atoms with Gasteiger partial charge in [-0.3, -0.25) is 0 Å². The zero-order chi connectivity index (χ0) is 15.5. The molecule has 112 valence electrons. The topological polar surface area (TPSA) is 47.0 Å². The molecule has 4 nitrogen and oxygen atoms in total. The van der Waals surface area contributed by atoms with Crippen molar-refractivity contribution >= 4 is 28.2 Å². The summed E-state index contributed by atoms with van der Waals surface area (Å²) in [6.45, 7) is 2.68. The lowest BCUT2D eigenvalue weighted by atomic mass is 10.1. The molecule has 3 rings (SSSR count). The molecule has 0 radical (unpaired) electrons. The van der Waals surface area contributed by atoms with E-state index in [1.54, 1.807) is 7.11 Å². The third-order valence-corrected chi connectivity index (χ3v) is 3.79. The van der Waals surface area contributed by atoms with E-state index in [0.29, 0.717) is 11.7 Å². The first-order chi connectivity index (χ1) is 10.7. The second kappa shape index (κ2) is 6.20. The second-order valence-electron chi connectivity index (χ2n) is 5.09. The molecule has 0 atom stereocenters. The number of aromatic nitrogens is 2. The number of hydrogen-bond donors (Lipinski definition) is 1. The zero-order valence-corrected chi connectivity index (χ0v) is 13.2. The third-order valence-electron chi connectivity index (χ3n) is 3.51. The van der Waals surface area contributed by atoms with Crippen molar-refractivity contribution in [2.45, 2.75) is 13.5 Å². The minimum atomic E-state index is 0.425. The van der Waals surface area contributed by atoms with E-state index in [-0.39, 0.29) is 0 Å². The van der Waals surface area contributed by atoms with Crippen molar-refractivity contribution < 1.29 is 4.74 Å². The molecular weight excluding hydrogens is 298 g/mol. The van der Waals surface area contributed by atoms with Crippen LogP contribution in [-0.4, -0.2) is 17.3 Å². The highest BCUT2D eigenvalue weighted by Crippen LogP contribution is 2.27. The largest absolute Gasteiger partial charge is 0.497 e. The van der Waals surface area contributed by atoms with Crippen LogP contribution in [0.1, 0.15) is 11.1 Å². The van der Waals surface area contributed by atoms with Gasteiger partial charge < -0.3 is 10.1 Å². The number of ether oxygens (including phenoxy) is 1. The smallest absolute Gasteiger partial charge is 0.159 e. The van der Waals surface area contributed by atoms with E-state index in [2.05, 4.69) is 15.5 Å². The van der Waals surface area contributed by atoms with Gasteiger partial charge in [-0.05, 0) is 30.7 Å². The van der Waals surface area contributed by atoms with Crippen LogP contribution in [0.3, 0.4) is 0 Å². The molecule has 22 heavy (non-hydrogen) atoms. The Morgan fingerprint density at radius 3 is 2.55 bits per heavy atom. The van der Waals surface area contributed by atoms with Gasteiger partial charge in [-0.15, -0.1) is 10.2 Å². The van der Waals surface area contributed by atoms with Gasteiger partial charge in [-0.25, -0.2) is 0 Å². The maximum Gasteiger partial charge on any atom is 0.159 e. The lowest BCUT2D eigenvalue weighted by Gasteiger charge is -2.10. The summed E-state index contributed by atoms with van der Waals surface area (Å²) in [4.78, 5) is 0. The monoisotopic (exact) mass is 313 g/mol. The predicted molar refractivity (Wildman–Crippen MR) is 89.6 cm³/mol. The lowest BCUT2D eigenvalue weighted by molar-refractivity contribution is 0.414. The third kappa shape index (κ3) is 2.97. The van der Waals surface area contributed by atoms with Gasteiger partial charge in [0.05, 0.1) is 7.11 Å². The highest BCUT2D eigenvalue weighted by Gasteiger charge is 2.08. The first-order valence-electron chi connectivity index (χ1n) is 6.97. The molecule has 2 aromatic carbocycles. The van der Waals surface area contributed by atoms with Crippen LogP contribution in [0.25, 0.3) is 10.8 Å². The van der Waals surface area contributed by atoms with Crippen molar-refractivity contribution in [1.29, 1.82) is 0 Å². The molecule has 0 aliphatic heterocycles. The zero-order valence-electron chi connectivity index (χ0n) is 12.4. The predicted octanol–water partition coefficient (Wildman–Crippen LogP) is 4.21. The summed E-state index contributed by atoms with van der Waals surface area (Å²) in [7, 11) is 1.66. The molecule has 0 aliphatic rings. The fourth-order valence-corrected chi connectivity index (χ4v) is 2.49. The number of anilines is 1. The van der Waals surface area contributed by atoms with Crippen molar-refractivity contribution in [3.8, 4) is 5.75 Å². The van der Waals surface area contributed by atoms with E-state index in [9.17, 15) is 0 Å². The Morgan fingerprint density at radius 1 is 1.05 bits per heavy atom. The molecule has 0 spiro atoms. The standard InChI is InChI=1S/C17H16ClN3O/c1-11-3-8-14-15(9-11)16(18)20-21-17(14)19-10-12-4-6-13(22-2)7-5-12/h3-9H,10H2,1-2H3,(H,19,21). The van der Waals surface area contributed by atoms with Crippen LogP contribution in [0.4, 0.5) is 5.82 Å². The van der Waals surface area contributed by atoms with Gasteiger partial charge in [0.1, 0.15) is 5.75 Å². The van der Waals surface area contributed by atoms with Gasteiger partial charge in [0.15, 0.2) is 11.0 Å². The quantitative estimate of drug-likeness (QED) is 0.783. The number of aryl methyl sites for hydroxylation is 1. The van der Waals surface area contributed by atoms with Crippen molar-refractivity contribution in [3.63, 3.8) is 0 Å². The summed E-state index contributed by atoms with van der Waals surface area (Å²) in [5, 5.41) is 13.8. The SMILES string of the molecule is COc1ccc(CNc2nnc(Cl)c3cc(C)ccc23)cc1. The molecule has 5 heteroatoms. The Bertz CT molecular complexity index is 803. The average molecular weight is 314 g/mol. The fraction of sp³-hybridized carbons (Fsp3) is 0.176. The van der Waals surface area contributed by atoms with Gasteiger partial charge in [0.25, 0.3) is 0 Å². The van der Waals surface area contributed by atoms with Gasteiger partial charge in [0, 0.05) is 17.3 Å². The van der Waals surface area contributed by atoms with Crippen LogP contribution in [0.5, 0.6) is 5.75 Å². The Morgan fingerprint density at radius 2 is 1.82 bits per heavy atom. The number of fused-ring (bicyclic) bond motifs is 1. The summed E-state index contributed by atoms with van der Waals surface area (Å²) in [5.74, 6) is 1.58. The van der Waals surface area contributed by atoms with E-state index < -0.39 is 0 Å². The molecule has 3 aromatic rings. The van der Waals surface area contributed by atoms with E-state index in [4.69, 9.17) is 16.3 Å². The number of benzene rings is 2. The Balaban J connectivity index is 1.85. The van der Waals surface area contributed by atoms with Crippen molar-refractivity contribution in [1.82, 2.24) is 10.2 Å². The maximum atomic E-state index is 6.14. The van der Waals surface area contributed by atoms with Gasteiger partial charge >= 0.3 is 0 Å². The summed E-state index contributed by atoms with van der Waals surface area (Å²) in [6.07, 6.45) is 0. The highest BCUT2D eigenvalue weighted by molar-refractivity contribution is 6.34. The van der Waals surface area contributed by atoms with Crippen LogP contribution >= 0.6 is 11.6 Å². The van der Waals surface area contributed by atoms with Gasteiger partial charge in [-0.2, -0.15) is 0 Å². The van der Waals surface area contributed by atoms with Crippen LogP contribution in [0.15, 0.2) is 42.5 Å². The van der Waals surface area contributed by atoms with Gasteiger partial charge in [0.2, 0.25) is 0 Å². The summed E-state index contributed by atoms with van der Waals surface area (Å²) in [6, 6.07) is 14.0. The lowest BCUT2D eigenvalue weighted by Crippen LogP contribution is -2.03. The molecule has 1 aromatic heterocycles. The molecule has 0 amide bonds. The fourth-order valence-electron chi connectivity index (χ4n) is 2.30. The van der Waals surface area contributed by atoms with Gasteiger partial charge in [-0.1, -0.05) is 41.4 Å². The molecule has 0 fully saturated rings. The number of halogens is 1. The van der Waals surface area contributed by atoms with Crippen molar-refractivity contribution in [2.24, 2.45) is 0 Å². The first kappa shape index (κ1) is 14.6. The van der Waals surface area contributed by atoms with Crippen LogP contribution < -0.4 is 10.1 Å². The molecule has 0 aliphatic carbocycles. The van der Waals surface area contributed by atoms with E-state index in [1.165, 1.54) is 0 Å². The Kier molecular flexibility index (Phi) is 4.11. The molecule has 0 bridgehead atoms. The van der Waals surface area contributed by atoms with Crippen molar-refractivity contribution in [3.05, 3.63) is 58.7 Å². The van der Waals surface area contributed by atoms with E-state index in [1.807, 2.05) is 49.4 Å². The van der Waals surface area contributed by atoms with E-state index >= 15 is 0 Å². The molecular formula is C17H16ClN3O. The summed E-state index contributed by atoms with van der Waals surface area (Å²) >= 11 is 6.14. The van der Waals surface area contributed by atoms with Crippen molar-refractivity contribution in [2.75, 3.05) is 12.4 Å². The Labute approximate surface area is 134 Å². The van der Waals surface area contributed by atoms with Crippen LogP contribution in [0, 0.1) is 6.92 Å². The second-order valence-corrected chi connectivity index (χ2v) is 5.45. The first-order valence-corrected chi connectivity index (χ1v) is 7.34. The number of nitrogens with zero attached hydrogens (tertiary/aromatic N) is 2. The molecule has 0 unspecified atom stereocenters. The number of hydrogen-bond acceptors (Lipinski definition) is 4. The summed E-state index contributed by atoms with van der Waals surface area (Å²) < 4.78 is 5.16. The molecule has 0 saturated carbocycles. The highest BCUT2D eigenvalue weighted by atomic mass is 35.5. The minimum Gasteiger partial charge on any atom is -0.497 e. The molecule has 1 N–H and O–H groups in total.